The number of cyclic esters (lactones) is 1. The Kier molecular flexibility index (Phi) is 6.61. The second-order valence-electron chi connectivity index (χ2n) is 11.3. The van der Waals surface area contributed by atoms with E-state index < -0.39 is 60.4 Å². The summed E-state index contributed by atoms with van der Waals surface area (Å²) in [4.78, 5) is 44.1. The topological polar surface area (TPSA) is 183 Å². The lowest BCUT2D eigenvalue weighted by atomic mass is 9.81. The Morgan fingerprint density at radius 3 is 2.57 bits per heavy atom. The third-order valence-electron chi connectivity index (χ3n) is 8.97. The molecule has 0 unspecified atom stereocenters. The number of carbonyl (C=O) groups is 2. The van der Waals surface area contributed by atoms with E-state index in [9.17, 15) is 34.8 Å². The van der Waals surface area contributed by atoms with Crippen molar-refractivity contribution in [2.24, 2.45) is 0 Å². The van der Waals surface area contributed by atoms with Crippen LogP contribution in [0.1, 0.15) is 59.2 Å². The number of aliphatic hydroxyl groups is 4. The molecule has 0 spiro atoms. The smallest absolute Gasteiger partial charge is 0.343 e. The first-order valence-corrected chi connectivity index (χ1v) is 13.7. The number of esters is 1. The van der Waals surface area contributed by atoms with Crippen molar-refractivity contribution in [2.45, 2.75) is 63.4 Å². The number of aromatic nitrogens is 2. The van der Waals surface area contributed by atoms with Gasteiger partial charge in [-0.1, -0.05) is 6.92 Å². The Morgan fingerprint density at radius 1 is 1.19 bits per heavy atom. The summed E-state index contributed by atoms with van der Waals surface area (Å²) in [5, 5.41) is 46.2. The van der Waals surface area contributed by atoms with Crippen molar-refractivity contribution in [1.82, 2.24) is 20.2 Å². The molecule has 3 aliphatic rings. The molecule has 12 nitrogen and oxygen atoms in total. The molecule has 2 aromatic heterocycles. The van der Waals surface area contributed by atoms with Crippen LogP contribution in [-0.2, 0) is 34.7 Å². The molecule has 222 valence electrons. The van der Waals surface area contributed by atoms with Crippen LogP contribution in [0.15, 0.2) is 16.9 Å². The van der Waals surface area contributed by atoms with E-state index >= 15 is 4.39 Å². The molecule has 2 atom stereocenters. The molecule has 0 saturated carbocycles. The monoisotopic (exact) mass is 582 g/mol. The largest absolute Gasteiger partial charge is 0.458 e. The van der Waals surface area contributed by atoms with Gasteiger partial charge in [-0.15, -0.1) is 0 Å². The Balaban J connectivity index is 1.54. The van der Waals surface area contributed by atoms with Crippen molar-refractivity contribution in [3.8, 4) is 11.4 Å². The van der Waals surface area contributed by atoms with Crippen LogP contribution in [-0.4, -0.2) is 67.3 Å². The molecule has 0 fully saturated rings. The van der Waals surface area contributed by atoms with Crippen LogP contribution in [0.5, 0.6) is 0 Å². The first-order valence-electron chi connectivity index (χ1n) is 13.7. The molecule has 2 amide bonds. The fraction of sp³-hybridized carbons (Fsp3) is 0.448. The Bertz CT molecular complexity index is 1730. The van der Waals surface area contributed by atoms with Crippen molar-refractivity contribution in [3.05, 3.63) is 61.7 Å². The van der Waals surface area contributed by atoms with Gasteiger partial charge < -0.3 is 40.4 Å². The van der Waals surface area contributed by atoms with Gasteiger partial charge in [-0.3, -0.25) is 4.79 Å². The third kappa shape index (κ3) is 3.87. The Morgan fingerprint density at radius 2 is 1.90 bits per heavy atom. The number of fused-ring (bicyclic) bond motifs is 5. The maximum Gasteiger partial charge on any atom is 0.343 e. The Hall–Kier alpha value is -3.91. The van der Waals surface area contributed by atoms with Crippen LogP contribution in [0.2, 0.25) is 0 Å². The second kappa shape index (κ2) is 9.83. The lowest BCUT2D eigenvalue weighted by molar-refractivity contribution is -0.172. The lowest BCUT2D eigenvalue weighted by Crippen LogP contribution is -2.59. The van der Waals surface area contributed by atoms with E-state index in [4.69, 9.17) is 9.72 Å². The van der Waals surface area contributed by atoms with E-state index in [-0.39, 0.29) is 30.7 Å². The molecule has 42 heavy (non-hydrogen) atoms. The van der Waals surface area contributed by atoms with Crippen molar-refractivity contribution in [3.63, 3.8) is 0 Å². The van der Waals surface area contributed by atoms with E-state index in [1.165, 1.54) is 10.6 Å². The number of urea groups is 1. The van der Waals surface area contributed by atoms with Crippen LogP contribution in [0.25, 0.3) is 22.3 Å². The number of carbonyl (C=O) groups excluding carboxylic acids is 2. The standard InChI is InChI=1S/C29H31FN4O8/c1-3-29(41)17-6-21-24-15(8-34(21)25(38)16(17)9-42-26(29)39)23-19(32-27(40)33-28(10-35,11-36)12-37)5-4-14-13(2)18(30)7-20(31-24)22(14)23/h6-7,19,35-37,41H,3-5,8-12H2,1-2H3,(H2,32,33,40)/t19-,29-/m0/s1. The number of hydrogen-bond donors (Lipinski definition) is 6. The fourth-order valence-electron chi connectivity index (χ4n) is 6.40. The summed E-state index contributed by atoms with van der Waals surface area (Å²) in [6.07, 6.45) is 0.783. The molecule has 1 aromatic carbocycles. The summed E-state index contributed by atoms with van der Waals surface area (Å²) in [5.41, 5.74) is -0.261. The minimum absolute atomic E-state index is 0.0169. The molecule has 3 aromatic rings. The molecule has 2 aliphatic heterocycles. The molecule has 1 aliphatic carbocycles. The highest BCUT2D eigenvalue weighted by atomic mass is 19.1. The molecular formula is C29H31FN4O8. The summed E-state index contributed by atoms with van der Waals surface area (Å²) < 4.78 is 21.7. The van der Waals surface area contributed by atoms with Gasteiger partial charge in [-0.05, 0) is 48.9 Å². The van der Waals surface area contributed by atoms with Gasteiger partial charge in [0.15, 0.2) is 5.60 Å². The highest BCUT2D eigenvalue weighted by molar-refractivity contribution is 5.94. The molecule has 6 rings (SSSR count). The number of nitrogens with zero attached hydrogens (tertiary/aromatic N) is 2. The first kappa shape index (κ1) is 28.2. The van der Waals surface area contributed by atoms with Gasteiger partial charge >= 0.3 is 12.0 Å². The number of benzene rings is 1. The van der Waals surface area contributed by atoms with E-state index in [1.807, 2.05) is 0 Å². The average Bonchev–Trinajstić information content (AvgIpc) is 3.36. The summed E-state index contributed by atoms with van der Waals surface area (Å²) in [7, 11) is 0. The van der Waals surface area contributed by atoms with E-state index in [0.717, 1.165) is 5.56 Å². The van der Waals surface area contributed by atoms with Crippen molar-refractivity contribution in [1.29, 1.82) is 0 Å². The van der Waals surface area contributed by atoms with Gasteiger partial charge in [0.2, 0.25) is 0 Å². The van der Waals surface area contributed by atoms with E-state index in [2.05, 4.69) is 10.6 Å². The molecule has 6 N–H and O–H groups in total. The molecular weight excluding hydrogens is 551 g/mol. The normalized spacial score (nSPS) is 20.5. The van der Waals surface area contributed by atoms with E-state index in [1.54, 1.807) is 19.9 Å². The number of amides is 2. The highest BCUT2D eigenvalue weighted by Crippen LogP contribution is 2.45. The maximum absolute atomic E-state index is 15.1. The molecule has 13 heteroatoms. The van der Waals surface area contributed by atoms with Crippen LogP contribution in [0.4, 0.5) is 9.18 Å². The Labute approximate surface area is 238 Å². The molecule has 0 saturated heterocycles. The number of pyridine rings is 2. The van der Waals surface area contributed by atoms with Crippen molar-refractivity contribution >= 4 is 22.9 Å². The number of hydrogen-bond acceptors (Lipinski definition) is 9. The number of halogens is 1. The summed E-state index contributed by atoms with van der Waals surface area (Å²) in [6, 6.07) is 1.50. The molecule has 4 heterocycles. The lowest BCUT2D eigenvalue weighted by Gasteiger charge is -2.33. The number of aryl methyl sites for hydroxylation is 1. The minimum Gasteiger partial charge on any atom is -0.458 e. The highest BCUT2D eigenvalue weighted by Gasteiger charge is 2.46. The minimum atomic E-state index is -2.01. The molecule has 0 bridgehead atoms. The number of ether oxygens (including phenoxy) is 1. The number of nitrogens with one attached hydrogen (secondary N) is 2. The van der Waals surface area contributed by atoms with Gasteiger partial charge in [-0.25, -0.2) is 19.0 Å². The van der Waals surface area contributed by atoms with Gasteiger partial charge in [-0.2, -0.15) is 0 Å². The SMILES string of the molecule is CC[C@@]1(O)C(=O)OCc2c1cc1n(c2=O)Cc2c-1nc1cc(F)c(C)c3c1c2[C@@H](NC(=O)NC(CO)(CO)CO)CC3. The zero-order valence-corrected chi connectivity index (χ0v) is 23.1. The van der Waals surface area contributed by atoms with Gasteiger partial charge in [0.1, 0.15) is 18.0 Å². The average molecular weight is 583 g/mol. The van der Waals surface area contributed by atoms with Crippen molar-refractivity contribution in [2.75, 3.05) is 19.8 Å². The summed E-state index contributed by atoms with van der Waals surface area (Å²) in [6.45, 7) is 0.981. The number of rotatable bonds is 6. The zero-order valence-electron chi connectivity index (χ0n) is 23.1. The van der Waals surface area contributed by atoms with Crippen LogP contribution in [0.3, 0.4) is 0 Å². The summed E-state index contributed by atoms with van der Waals surface area (Å²) >= 11 is 0. The van der Waals surface area contributed by atoms with Gasteiger partial charge in [0.05, 0.1) is 54.9 Å². The van der Waals surface area contributed by atoms with Gasteiger partial charge in [0, 0.05) is 22.6 Å². The third-order valence-corrected chi connectivity index (χ3v) is 8.97. The molecule has 0 radical (unpaired) electrons. The van der Waals surface area contributed by atoms with Crippen LogP contribution in [0, 0.1) is 12.7 Å². The quantitative estimate of drug-likeness (QED) is 0.177. The number of aliphatic hydroxyl groups excluding tert-OH is 3. The maximum atomic E-state index is 15.1. The van der Waals surface area contributed by atoms with Gasteiger partial charge in [0.25, 0.3) is 5.56 Å². The van der Waals surface area contributed by atoms with Crippen molar-refractivity contribution < 1.29 is 39.1 Å². The summed E-state index contributed by atoms with van der Waals surface area (Å²) in [5.74, 6) is -1.29. The predicted octanol–water partition coefficient (Wildman–Crippen LogP) is 0.529. The van der Waals surface area contributed by atoms with Crippen LogP contribution >= 0.6 is 0 Å². The van der Waals surface area contributed by atoms with E-state index in [0.29, 0.717) is 51.8 Å². The fourth-order valence-corrected chi connectivity index (χ4v) is 6.40. The van der Waals surface area contributed by atoms with Crippen LogP contribution < -0.4 is 16.2 Å². The first-order chi connectivity index (χ1) is 20.0. The predicted molar refractivity (Wildman–Crippen MR) is 146 cm³/mol. The second-order valence-corrected chi connectivity index (χ2v) is 11.3. The zero-order chi connectivity index (χ0) is 30.1.